The van der Waals surface area contributed by atoms with Crippen LogP contribution in [0.1, 0.15) is 6.42 Å². The van der Waals surface area contributed by atoms with Gasteiger partial charge in [0.2, 0.25) is 0 Å². The lowest BCUT2D eigenvalue weighted by Gasteiger charge is -2.18. The Morgan fingerprint density at radius 2 is 2.00 bits per heavy atom. The summed E-state index contributed by atoms with van der Waals surface area (Å²) in [6.07, 6.45) is 2.86. The Balaban J connectivity index is 1.58. The number of nitrogens with one attached hydrogen (secondary N) is 1. The third-order valence-corrected chi connectivity index (χ3v) is 4.19. The molecule has 0 aliphatic carbocycles. The van der Waals surface area contributed by atoms with E-state index < -0.39 is 0 Å². The summed E-state index contributed by atoms with van der Waals surface area (Å²) in [7, 11) is 0. The molecule has 0 radical (unpaired) electrons. The fourth-order valence-electron chi connectivity index (χ4n) is 2.97. The lowest BCUT2D eigenvalue weighted by molar-refractivity contribution is 0.752. The summed E-state index contributed by atoms with van der Waals surface area (Å²) >= 11 is 0. The summed E-state index contributed by atoms with van der Waals surface area (Å²) in [6.45, 7) is 1.90. The number of nitrogens with two attached hydrogens (primary N) is 1. The average molecular weight is 305 g/mol. The summed E-state index contributed by atoms with van der Waals surface area (Å²) in [4.78, 5) is 11.3. The Labute approximate surface area is 135 Å². The maximum Gasteiger partial charge on any atom is 0.133 e. The number of hydrogen-bond donors (Lipinski definition) is 2. The van der Waals surface area contributed by atoms with E-state index in [9.17, 15) is 0 Å². The molecule has 1 fully saturated rings. The highest BCUT2D eigenvalue weighted by atomic mass is 15.2. The quantitative estimate of drug-likeness (QED) is 0.779. The number of rotatable bonds is 3. The van der Waals surface area contributed by atoms with Gasteiger partial charge in [0.25, 0.3) is 0 Å². The van der Waals surface area contributed by atoms with E-state index in [1.54, 1.807) is 0 Å². The van der Waals surface area contributed by atoms with Crippen LogP contribution in [-0.4, -0.2) is 29.1 Å². The van der Waals surface area contributed by atoms with E-state index in [0.717, 1.165) is 47.7 Å². The fraction of sp³-hybridized carbons (Fsp3) is 0.222. The number of para-hydroxylation sites is 1. The molecule has 4 rings (SSSR count). The first kappa shape index (κ1) is 14.0. The highest BCUT2D eigenvalue weighted by Crippen LogP contribution is 2.23. The van der Waals surface area contributed by atoms with Gasteiger partial charge in [-0.05, 0) is 30.7 Å². The van der Waals surface area contributed by atoms with Gasteiger partial charge < -0.3 is 16.0 Å². The molecule has 0 saturated carbocycles. The van der Waals surface area contributed by atoms with E-state index in [1.165, 1.54) is 0 Å². The molecule has 3 N–H and O–H groups in total. The van der Waals surface area contributed by atoms with Crippen molar-refractivity contribution >= 4 is 28.2 Å². The molecule has 0 bridgehead atoms. The fourth-order valence-corrected chi connectivity index (χ4v) is 2.97. The minimum absolute atomic E-state index is 0.265. The number of benzene rings is 1. The second kappa shape index (κ2) is 5.85. The van der Waals surface area contributed by atoms with E-state index in [0.29, 0.717) is 0 Å². The van der Waals surface area contributed by atoms with Crippen LogP contribution in [0.5, 0.6) is 0 Å². The van der Waals surface area contributed by atoms with Crippen molar-refractivity contribution in [3.05, 3.63) is 54.7 Å². The molecular formula is C18H19N5. The van der Waals surface area contributed by atoms with Gasteiger partial charge in [-0.1, -0.05) is 18.2 Å². The zero-order valence-electron chi connectivity index (χ0n) is 12.8. The largest absolute Gasteiger partial charge is 0.370 e. The highest BCUT2D eigenvalue weighted by Gasteiger charge is 2.19. The minimum atomic E-state index is 0.265. The number of pyridine rings is 2. The van der Waals surface area contributed by atoms with Crippen molar-refractivity contribution in [2.45, 2.75) is 12.5 Å². The van der Waals surface area contributed by atoms with Crippen molar-refractivity contribution in [2.75, 3.05) is 23.3 Å². The van der Waals surface area contributed by atoms with Gasteiger partial charge in [0.05, 0.1) is 5.52 Å². The van der Waals surface area contributed by atoms with Gasteiger partial charge in [-0.3, -0.25) is 0 Å². The van der Waals surface area contributed by atoms with Gasteiger partial charge in [-0.2, -0.15) is 0 Å². The highest BCUT2D eigenvalue weighted by molar-refractivity contribution is 5.80. The minimum Gasteiger partial charge on any atom is -0.370 e. The molecule has 1 aromatic carbocycles. The summed E-state index contributed by atoms with van der Waals surface area (Å²) < 4.78 is 0. The molecule has 5 heteroatoms. The van der Waals surface area contributed by atoms with E-state index in [4.69, 9.17) is 5.73 Å². The van der Waals surface area contributed by atoms with Crippen molar-refractivity contribution in [3.8, 4) is 0 Å². The first-order chi connectivity index (χ1) is 11.3. The van der Waals surface area contributed by atoms with Crippen LogP contribution in [0.2, 0.25) is 0 Å². The first-order valence-electron chi connectivity index (χ1n) is 7.87. The number of anilines is 3. The van der Waals surface area contributed by atoms with Crippen LogP contribution in [0, 0.1) is 0 Å². The SMILES string of the molecule is N[C@@H]1CCN(c2ccnc(Nc3ccc4ccccc4n3)c2)C1. The molecule has 1 aliphatic rings. The Morgan fingerprint density at radius 3 is 2.87 bits per heavy atom. The summed E-state index contributed by atoms with van der Waals surface area (Å²) in [5, 5.41) is 4.42. The predicted molar refractivity (Wildman–Crippen MR) is 94.1 cm³/mol. The molecule has 5 nitrogen and oxygen atoms in total. The second-order valence-electron chi connectivity index (χ2n) is 5.91. The Bertz CT molecular complexity index is 832. The topological polar surface area (TPSA) is 67.1 Å². The molecule has 3 heterocycles. The number of nitrogens with zero attached hydrogens (tertiary/aromatic N) is 3. The molecule has 116 valence electrons. The maximum absolute atomic E-state index is 5.99. The lowest BCUT2D eigenvalue weighted by atomic mass is 10.2. The van der Waals surface area contributed by atoms with Crippen LogP contribution in [0.25, 0.3) is 10.9 Å². The van der Waals surface area contributed by atoms with Crippen LogP contribution >= 0.6 is 0 Å². The molecule has 0 unspecified atom stereocenters. The van der Waals surface area contributed by atoms with Gasteiger partial charge >= 0.3 is 0 Å². The van der Waals surface area contributed by atoms with Crippen LogP contribution in [-0.2, 0) is 0 Å². The maximum atomic E-state index is 5.99. The number of hydrogen-bond acceptors (Lipinski definition) is 5. The van der Waals surface area contributed by atoms with Crippen molar-refractivity contribution < 1.29 is 0 Å². The molecule has 0 spiro atoms. The third kappa shape index (κ3) is 2.96. The average Bonchev–Trinajstić information content (AvgIpc) is 3.02. The first-order valence-corrected chi connectivity index (χ1v) is 7.87. The zero-order chi connectivity index (χ0) is 15.6. The Hall–Kier alpha value is -2.66. The van der Waals surface area contributed by atoms with Gasteiger partial charge in [0, 0.05) is 42.5 Å². The zero-order valence-corrected chi connectivity index (χ0v) is 12.8. The summed E-state index contributed by atoms with van der Waals surface area (Å²) in [5.74, 6) is 1.59. The standard InChI is InChI=1S/C18H19N5/c19-14-8-10-23(12-14)15-7-9-20-18(11-15)22-17-6-5-13-3-1-2-4-16(13)21-17/h1-7,9,11,14H,8,10,12,19H2,(H,20,21,22)/t14-/m1/s1. The van der Waals surface area contributed by atoms with Crippen LogP contribution in [0.4, 0.5) is 17.3 Å². The molecule has 1 saturated heterocycles. The normalized spacial score (nSPS) is 17.6. The monoisotopic (exact) mass is 305 g/mol. The Morgan fingerprint density at radius 1 is 1.09 bits per heavy atom. The Kier molecular flexibility index (Phi) is 3.55. The number of fused-ring (bicyclic) bond motifs is 1. The van der Waals surface area contributed by atoms with E-state index in [1.807, 2.05) is 36.5 Å². The van der Waals surface area contributed by atoms with Crippen molar-refractivity contribution in [3.63, 3.8) is 0 Å². The van der Waals surface area contributed by atoms with Crippen LogP contribution < -0.4 is 16.0 Å². The van der Waals surface area contributed by atoms with E-state index in [-0.39, 0.29) is 6.04 Å². The molecule has 2 aromatic heterocycles. The molecular weight excluding hydrogens is 286 g/mol. The molecule has 1 atom stereocenters. The molecule has 3 aromatic rings. The van der Waals surface area contributed by atoms with Gasteiger partial charge in [0.15, 0.2) is 0 Å². The molecule has 0 amide bonds. The number of aromatic nitrogens is 2. The smallest absolute Gasteiger partial charge is 0.133 e. The van der Waals surface area contributed by atoms with E-state index >= 15 is 0 Å². The molecule has 1 aliphatic heterocycles. The van der Waals surface area contributed by atoms with Gasteiger partial charge in [0.1, 0.15) is 11.6 Å². The van der Waals surface area contributed by atoms with Gasteiger partial charge in [-0.25, -0.2) is 9.97 Å². The van der Waals surface area contributed by atoms with Crippen molar-refractivity contribution in [1.82, 2.24) is 9.97 Å². The predicted octanol–water partition coefficient (Wildman–Crippen LogP) is 2.91. The second-order valence-corrected chi connectivity index (χ2v) is 5.91. The van der Waals surface area contributed by atoms with Crippen LogP contribution in [0.15, 0.2) is 54.7 Å². The van der Waals surface area contributed by atoms with Crippen molar-refractivity contribution in [2.24, 2.45) is 5.73 Å². The summed E-state index contributed by atoms with van der Waals surface area (Å²) in [6, 6.07) is 16.5. The van der Waals surface area contributed by atoms with Crippen LogP contribution in [0.3, 0.4) is 0 Å². The summed E-state index contributed by atoms with van der Waals surface area (Å²) in [5.41, 5.74) is 8.11. The van der Waals surface area contributed by atoms with E-state index in [2.05, 4.69) is 38.4 Å². The van der Waals surface area contributed by atoms with Gasteiger partial charge in [-0.15, -0.1) is 0 Å². The molecule has 23 heavy (non-hydrogen) atoms. The lowest BCUT2D eigenvalue weighted by Crippen LogP contribution is -2.26. The third-order valence-electron chi connectivity index (χ3n) is 4.19. The van der Waals surface area contributed by atoms with Crippen molar-refractivity contribution in [1.29, 1.82) is 0 Å².